The summed E-state index contributed by atoms with van der Waals surface area (Å²) < 4.78 is 7.75. The number of para-hydroxylation sites is 1. The van der Waals surface area contributed by atoms with E-state index in [1.54, 1.807) is 41.7 Å². The van der Waals surface area contributed by atoms with Crippen LogP contribution in [0.4, 0.5) is 0 Å². The number of carbonyl (C=O) groups excluding carboxylic acids is 1. The molecule has 0 atom stereocenters. The number of furan rings is 1. The van der Waals surface area contributed by atoms with E-state index in [9.17, 15) is 10.1 Å². The number of nitrogens with zero attached hydrogens (tertiary/aromatic N) is 2. The highest BCUT2D eigenvalue weighted by Crippen LogP contribution is 2.35. The largest absolute Gasteiger partial charge is 0.450 e. The van der Waals surface area contributed by atoms with Gasteiger partial charge < -0.3 is 4.42 Å². The topological polar surface area (TPSA) is 66.9 Å². The minimum Gasteiger partial charge on any atom is -0.450 e. The van der Waals surface area contributed by atoms with Crippen molar-refractivity contribution in [2.75, 3.05) is 0 Å². The van der Waals surface area contributed by atoms with Crippen LogP contribution in [0.1, 0.15) is 16.1 Å². The van der Waals surface area contributed by atoms with E-state index in [0.29, 0.717) is 16.4 Å². The number of rotatable bonds is 5. The maximum Gasteiger partial charge on any atom is 0.203 e. The van der Waals surface area contributed by atoms with Crippen LogP contribution in [0.25, 0.3) is 16.3 Å². The van der Waals surface area contributed by atoms with Crippen molar-refractivity contribution in [3.63, 3.8) is 0 Å². The standard InChI is InChI=1S/C21H12N2O2S2/c22-13-15(20(24)14-6-2-1-3-7-14)12-16-10-11-19(25-16)27-21-23-17-8-4-5-9-18(17)26-21/h1-12H/b15-12+. The van der Waals surface area contributed by atoms with Crippen LogP contribution in [0.15, 0.2) is 86.2 Å². The third-order valence-electron chi connectivity index (χ3n) is 3.75. The van der Waals surface area contributed by atoms with Crippen molar-refractivity contribution in [2.24, 2.45) is 0 Å². The molecule has 0 aliphatic carbocycles. The normalized spacial score (nSPS) is 11.4. The zero-order valence-corrected chi connectivity index (χ0v) is 15.6. The first-order valence-electron chi connectivity index (χ1n) is 8.08. The number of Topliss-reactive ketones (excluding diaryl/α,β-unsaturated/α-hetero) is 1. The molecule has 2 aromatic heterocycles. The van der Waals surface area contributed by atoms with Gasteiger partial charge in [0.05, 0.1) is 10.2 Å². The number of benzene rings is 2. The van der Waals surface area contributed by atoms with E-state index in [1.165, 1.54) is 17.8 Å². The molecular weight excluding hydrogens is 376 g/mol. The van der Waals surface area contributed by atoms with Crippen molar-refractivity contribution in [3.05, 3.63) is 83.6 Å². The Bertz CT molecular complexity index is 1150. The summed E-state index contributed by atoms with van der Waals surface area (Å²) in [6.45, 7) is 0. The number of thiazole rings is 1. The number of ketones is 1. The predicted octanol–water partition coefficient (Wildman–Crippen LogP) is 5.83. The van der Waals surface area contributed by atoms with Crippen molar-refractivity contribution in [1.82, 2.24) is 4.98 Å². The smallest absolute Gasteiger partial charge is 0.203 e. The summed E-state index contributed by atoms with van der Waals surface area (Å²) in [4.78, 5) is 17.0. The second-order valence-corrected chi connectivity index (χ2v) is 7.85. The zero-order chi connectivity index (χ0) is 18.6. The maximum atomic E-state index is 12.4. The van der Waals surface area contributed by atoms with Gasteiger partial charge in [0.25, 0.3) is 0 Å². The van der Waals surface area contributed by atoms with Gasteiger partial charge in [-0.2, -0.15) is 5.26 Å². The van der Waals surface area contributed by atoms with Crippen LogP contribution in [-0.4, -0.2) is 10.8 Å². The van der Waals surface area contributed by atoms with Crippen LogP contribution < -0.4 is 0 Å². The average Bonchev–Trinajstić information content (AvgIpc) is 3.32. The highest BCUT2D eigenvalue weighted by Gasteiger charge is 2.13. The Morgan fingerprint density at radius 2 is 1.85 bits per heavy atom. The SMILES string of the molecule is N#C/C(=C\c1ccc(Sc2nc3ccccc3s2)o1)C(=O)c1ccccc1. The van der Waals surface area contributed by atoms with Gasteiger partial charge in [-0.15, -0.1) is 11.3 Å². The Kier molecular flexibility index (Phi) is 4.88. The van der Waals surface area contributed by atoms with Gasteiger partial charge in [-0.25, -0.2) is 4.98 Å². The van der Waals surface area contributed by atoms with Crippen molar-refractivity contribution >= 4 is 45.2 Å². The van der Waals surface area contributed by atoms with Crippen LogP contribution in [0, 0.1) is 11.3 Å². The molecule has 0 aliphatic heterocycles. The molecule has 0 saturated carbocycles. The number of carbonyl (C=O) groups is 1. The molecule has 27 heavy (non-hydrogen) atoms. The first kappa shape index (κ1) is 17.3. The van der Waals surface area contributed by atoms with Crippen molar-refractivity contribution in [1.29, 1.82) is 5.26 Å². The molecule has 2 heterocycles. The van der Waals surface area contributed by atoms with Crippen molar-refractivity contribution in [3.8, 4) is 6.07 Å². The minimum atomic E-state index is -0.324. The number of nitriles is 1. The molecule has 0 radical (unpaired) electrons. The third-order valence-corrected chi connectivity index (χ3v) is 5.77. The highest BCUT2D eigenvalue weighted by atomic mass is 32.2. The fourth-order valence-electron chi connectivity index (χ4n) is 2.48. The van der Waals surface area contributed by atoms with E-state index in [4.69, 9.17) is 4.42 Å². The fourth-order valence-corrected chi connectivity index (χ4v) is 4.45. The van der Waals surface area contributed by atoms with Gasteiger partial charge in [-0.05, 0) is 36.0 Å². The van der Waals surface area contributed by atoms with Gasteiger partial charge in [0.1, 0.15) is 17.4 Å². The molecule has 0 spiro atoms. The van der Waals surface area contributed by atoms with Crippen LogP contribution in [0.3, 0.4) is 0 Å². The molecule has 0 aliphatic rings. The van der Waals surface area contributed by atoms with Gasteiger partial charge >= 0.3 is 0 Å². The van der Waals surface area contributed by atoms with Crippen LogP contribution in [0.5, 0.6) is 0 Å². The molecule has 0 fully saturated rings. The highest BCUT2D eigenvalue weighted by molar-refractivity contribution is 8.01. The summed E-state index contributed by atoms with van der Waals surface area (Å²) in [5, 5.41) is 10.0. The van der Waals surface area contributed by atoms with Crippen LogP contribution in [-0.2, 0) is 0 Å². The molecule has 0 N–H and O–H groups in total. The van der Waals surface area contributed by atoms with Gasteiger partial charge in [-0.1, -0.05) is 42.5 Å². The lowest BCUT2D eigenvalue weighted by Crippen LogP contribution is -2.01. The first-order chi connectivity index (χ1) is 13.2. The summed E-state index contributed by atoms with van der Waals surface area (Å²) in [5.41, 5.74) is 1.46. The summed E-state index contributed by atoms with van der Waals surface area (Å²) in [6.07, 6.45) is 1.47. The van der Waals surface area contributed by atoms with Crippen molar-refractivity contribution < 1.29 is 9.21 Å². The molecular formula is C21H12N2O2S2. The molecule has 4 rings (SSSR count). The fraction of sp³-hybridized carbons (Fsp3) is 0. The third kappa shape index (κ3) is 3.85. The van der Waals surface area contributed by atoms with Gasteiger partial charge in [0.15, 0.2) is 9.43 Å². The van der Waals surface area contributed by atoms with E-state index < -0.39 is 0 Å². The van der Waals surface area contributed by atoms with E-state index >= 15 is 0 Å². The van der Waals surface area contributed by atoms with Gasteiger partial charge in [0, 0.05) is 11.6 Å². The first-order valence-corrected chi connectivity index (χ1v) is 9.71. The number of hydrogen-bond donors (Lipinski definition) is 0. The van der Waals surface area contributed by atoms with Gasteiger partial charge in [0.2, 0.25) is 5.78 Å². The lowest BCUT2D eigenvalue weighted by molar-refractivity contribution is 0.104. The lowest BCUT2D eigenvalue weighted by atomic mass is 10.0. The predicted molar refractivity (Wildman–Crippen MR) is 107 cm³/mol. The summed E-state index contributed by atoms with van der Waals surface area (Å²) >= 11 is 3.01. The second-order valence-electron chi connectivity index (χ2n) is 5.57. The van der Waals surface area contributed by atoms with Crippen molar-refractivity contribution in [2.45, 2.75) is 9.43 Å². The Morgan fingerprint density at radius 1 is 1.07 bits per heavy atom. The average molecular weight is 388 g/mol. The molecule has 4 aromatic rings. The second kappa shape index (κ2) is 7.62. The van der Waals surface area contributed by atoms with E-state index in [2.05, 4.69) is 4.98 Å². The lowest BCUT2D eigenvalue weighted by Gasteiger charge is -1.98. The molecule has 130 valence electrons. The molecule has 2 aromatic carbocycles. The summed E-state index contributed by atoms with van der Waals surface area (Å²) in [5.74, 6) is 0.134. The maximum absolute atomic E-state index is 12.4. The zero-order valence-electron chi connectivity index (χ0n) is 14.0. The number of fused-ring (bicyclic) bond motifs is 1. The molecule has 0 amide bonds. The Balaban J connectivity index is 1.55. The Morgan fingerprint density at radius 3 is 2.63 bits per heavy atom. The number of allylic oxidation sites excluding steroid dienone is 1. The minimum absolute atomic E-state index is 0.0343. The molecule has 6 heteroatoms. The molecule has 4 nitrogen and oxygen atoms in total. The van der Waals surface area contributed by atoms with Gasteiger partial charge in [-0.3, -0.25) is 4.79 Å². The summed E-state index contributed by atoms with van der Waals surface area (Å²) in [7, 11) is 0. The van der Waals surface area contributed by atoms with E-state index in [-0.39, 0.29) is 11.4 Å². The Hall–Kier alpha value is -3.14. The monoisotopic (exact) mass is 388 g/mol. The number of hydrogen-bond acceptors (Lipinski definition) is 6. The van der Waals surface area contributed by atoms with E-state index in [0.717, 1.165) is 14.6 Å². The molecule has 0 saturated heterocycles. The summed E-state index contributed by atoms with van der Waals surface area (Å²) in [6, 6.07) is 22.2. The quantitative estimate of drug-likeness (QED) is 0.244. The van der Waals surface area contributed by atoms with Crippen LogP contribution >= 0.6 is 23.1 Å². The van der Waals surface area contributed by atoms with E-state index in [1.807, 2.05) is 42.5 Å². The van der Waals surface area contributed by atoms with Crippen LogP contribution in [0.2, 0.25) is 0 Å². The number of aromatic nitrogens is 1. The Labute approximate surface area is 163 Å². The molecule has 0 bridgehead atoms. The molecule has 0 unspecified atom stereocenters.